The molecule has 0 aromatic carbocycles. The minimum Gasteiger partial charge on any atom is -0.333 e. The third-order valence-corrected chi connectivity index (χ3v) is 3.42. The molecule has 2 aromatic rings. The zero-order valence-electron chi connectivity index (χ0n) is 10.5. The quantitative estimate of drug-likeness (QED) is 0.865. The third kappa shape index (κ3) is 2.13. The number of piperidine rings is 1. The minimum atomic E-state index is 0.478. The lowest BCUT2D eigenvalue weighted by Crippen LogP contribution is -2.29. The van der Waals surface area contributed by atoms with Crippen LogP contribution in [0.15, 0.2) is 24.8 Å². The van der Waals surface area contributed by atoms with Crippen molar-refractivity contribution < 1.29 is 0 Å². The van der Waals surface area contributed by atoms with Crippen LogP contribution < -0.4 is 5.32 Å². The van der Waals surface area contributed by atoms with E-state index < -0.39 is 0 Å². The fourth-order valence-electron chi connectivity index (χ4n) is 2.40. The van der Waals surface area contributed by atoms with Gasteiger partial charge in [-0.2, -0.15) is 0 Å². The summed E-state index contributed by atoms with van der Waals surface area (Å²) in [6.45, 7) is 2.11. The van der Waals surface area contributed by atoms with Gasteiger partial charge < -0.3 is 9.88 Å². The van der Waals surface area contributed by atoms with Gasteiger partial charge in [-0.15, -0.1) is 0 Å². The van der Waals surface area contributed by atoms with Gasteiger partial charge >= 0.3 is 0 Å². The van der Waals surface area contributed by atoms with Gasteiger partial charge in [0.1, 0.15) is 5.69 Å². The topological polar surface area (TPSA) is 55.6 Å². The van der Waals surface area contributed by atoms with Crippen molar-refractivity contribution in [2.75, 3.05) is 13.1 Å². The van der Waals surface area contributed by atoms with Crippen LogP contribution in [0.2, 0.25) is 0 Å². The Morgan fingerprint density at radius 2 is 2.33 bits per heavy atom. The fraction of sp³-hybridized carbons (Fsp3) is 0.462. The summed E-state index contributed by atoms with van der Waals surface area (Å²) in [5.41, 5.74) is 1.92. The van der Waals surface area contributed by atoms with Gasteiger partial charge in [-0.3, -0.25) is 4.98 Å². The molecule has 0 saturated carbocycles. The molecule has 0 radical (unpaired) electrons. The van der Waals surface area contributed by atoms with Crippen LogP contribution in [0.4, 0.5) is 0 Å². The van der Waals surface area contributed by atoms with E-state index in [0.29, 0.717) is 5.92 Å². The van der Waals surface area contributed by atoms with Gasteiger partial charge in [0.25, 0.3) is 0 Å². The monoisotopic (exact) mass is 243 g/mol. The SMILES string of the molecule is Cn1ccnc1-c1cncc(C2CCCNC2)n1. The molecule has 2 aromatic heterocycles. The summed E-state index contributed by atoms with van der Waals surface area (Å²) < 4.78 is 1.97. The van der Waals surface area contributed by atoms with E-state index in [0.717, 1.165) is 30.3 Å². The maximum absolute atomic E-state index is 4.71. The normalized spacial score (nSPS) is 19.9. The standard InChI is InChI=1S/C13H17N5/c1-18-6-5-16-13(18)12-9-15-8-11(17-12)10-3-2-4-14-7-10/h5-6,8-10,14H,2-4,7H2,1H3. The fourth-order valence-corrected chi connectivity index (χ4v) is 2.40. The Morgan fingerprint density at radius 1 is 1.39 bits per heavy atom. The van der Waals surface area contributed by atoms with Crippen LogP contribution in [-0.2, 0) is 7.05 Å². The minimum absolute atomic E-state index is 0.478. The first-order valence-corrected chi connectivity index (χ1v) is 6.35. The van der Waals surface area contributed by atoms with Gasteiger partial charge in [-0.05, 0) is 19.4 Å². The Kier molecular flexibility index (Phi) is 3.06. The van der Waals surface area contributed by atoms with E-state index in [1.165, 1.54) is 12.8 Å². The number of aromatic nitrogens is 4. The zero-order chi connectivity index (χ0) is 12.4. The predicted molar refractivity (Wildman–Crippen MR) is 69.1 cm³/mol. The number of nitrogens with zero attached hydrogens (tertiary/aromatic N) is 4. The van der Waals surface area contributed by atoms with Crippen LogP contribution in [0.5, 0.6) is 0 Å². The Labute approximate surface area is 106 Å². The largest absolute Gasteiger partial charge is 0.333 e. The molecule has 0 bridgehead atoms. The summed E-state index contributed by atoms with van der Waals surface area (Å²) in [6.07, 6.45) is 9.76. The first-order chi connectivity index (χ1) is 8.84. The number of imidazole rings is 1. The molecule has 0 spiro atoms. The summed E-state index contributed by atoms with van der Waals surface area (Å²) in [5.74, 6) is 1.35. The van der Waals surface area contributed by atoms with Gasteiger partial charge in [0.15, 0.2) is 5.82 Å². The predicted octanol–water partition coefficient (Wildman–Crippen LogP) is 1.34. The summed E-state index contributed by atoms with van der Waals surface area (Å²) in [4.78, 5) is 13.3. The Bertz CT molecular complexity index is 528. The van der Waals surface area contributed by atoms with E-state index in [1.807, 2.05) is 24.0 Å². The van der Waals surface area contributed by atoms with Gasteiger partial charge in [0.05, 0.1) is 11.9 Å². The molecular formula is C13H17N5. The molecule has 1 fully saturated rings. The molecule has 1 aliphatic heterocycles. The second-order valence-electron chi connectivity index (χ2n) is 4.73. The molecule has 5 nitrogen and oxygen atoms in total. The van der Waals surface area contributed by atoms with Gasteiger partial charge in [-0.25, -0.2) is 9.97 Å². The number of aryl methyl sites for hydroxylation is 1. The smallest absolute Gasteiger partial charge is 0.159 e. The van der Waals surface area contributed by atoms with Crippen molar-refractivity contribution in [1.29, 1.82) is 0 Å². The van der Waals surface area contributed by atoms with E-state index in [2.05, 4.69) is 15.3 Å². The van der Waals surface area contributed by atoms with Crippen LogP contribution in [0.3, 0.4) is 0 Å². The molecular weight excluding hydrogens is 226 g/mol. The third-order valence-electron chi connectivity index (χ3n) is 3.42. The van der Waals surface area contributed by atoms with E-state index >= 15 is 0 Å². The molecule has 0 aliphatic carbocycles. The second kappa shape index (κ2) is 4.86. The van der Waals surface area contributed by atoms with Crippen molar-refractivity contribution in [3.8, 4) is 11.5 Å². The van der Waals surface area contributed by atoms with Crippen molar-refractivity contribution in [3.05, 3.63) is 30.5 Å². The molecule has 1 atom stereocenters. The van der Waals surface area contributed by atoms with E-state index in [-0.39, 0.29) is 0 Å². The molecule has 1 saturated heterocycles. The number of hydrogen-bond acceptors (Lipinski definition) is 4. The Hall–Kier alpha value is -1.75. The summed E-state index contributed by atoms with van der Waals surface area (Å²) in [7, 11) is 1.97. The summed E-state index contributed by atoms with van der Waals surface area (Å²) in [6, 6.07) is 0. The molecule has 1 N–H and O–H groups in total. The molecule has 3 heterocycles. The lowest BCUT2D eigenvalue weighted by atomic mass is 9.96. The summed E-state index contributed by atoms with van der Waals surface area (Å²) in [5, 5.41) is 3.41. The lowest BCUT2D eigenvalue weighted by Gasteiger charge is -2.22. The molecule has 0 amide bonds. The number of rotatable bonds is 2. The Morgan fingerprint density at radius 3 is 3.06 bits per heavy atom. The van der Waals surface area contributed by atoms with Crippen molar-refractivity contribution in [2.24, 2.45) is 7.05 Å². The van der Waals surface area contributed by atoms with Crippen LogP contribution in [0.25, 0.3) is 11.5 Å². The summed E-state index contributed by atoms with van der Waals surface area (Å²) >= 11 is 0. The van der Waals surface area contributed by atoms with Crippen LogP contribution in [-0.4, -0.2) is 32.6 Å². The second-order valence-corrected chi connectivity index (χ2v) is 4.73. The molecule has 1 aliphatic rings. The highest BCUT2D eigenvalue weighted by atomic mass is 15.1. The van der Waals surface area contributed by atoms with Crippen molar-refractivity contribution in [2.45, 2.75) is 18.8 Å². The number of nitrogens with one attached hydrogen (secondary N) is 1. The van der Waals surface area contributed by atoms with Crippen molar-refractivity contribution >= 4 is 0 Å². The highest BCUT2D eigenvalue weighted by Crippen LogP contribution is 2.22. The van der Waals surface area contributed by atoms with E-state index in [9.17, 15) is 0 Å². The highest BCUT2D eigenvalue weighted by molar-refractivity contribution is 5.48. The van der Waals surface area contributed by atoms with Gasteiger partial charge in [-0.1, -0.05) is 0 Å². The zero-order valence-corrected chi connectivity index (χ0v) is 10.5. The van der Waals surface area contributed by atoms with Crippen LogP contribution >= 0.6 is 0 Å². The first-order valence-electron chi connectivity index (χ1n) is 6.35. The number of hydrogen-bond donors (Lipinski definition) is 1. The maximum Gasteiger partial charge on any atom is 0.159 e. The van der Waals surface area contributed by atoms with Crippen molar-refractivity contribution in [3.63, 3.8) is 0 Å². The average Bonchev–Trinajstić information content (AvgIpc) is 2.86. The maximum atomic E-state index is 4.71. The first kappa shape index (κ1) is 11.3. The van der Waals surface area contributed by atoms with Crippen LogP contribution in [0.1, 0.15) is 24.5 Å². The Balaban J connectivity index is 1.91. The molecule has 18 heavy (non-hydrogen) atoms. The molecule has 1 unspecified atom stereocenters. The molecule has 5 heteroatoms. The van der Waals surface area contributed by atoms with Crippen LogP contribution in [0, 0.1) is 0 Å². The highest BCUT2D eigenvalue weighted by Gasteiger charge is 2.17. The molecule has 3 rings (SSSR count). The average molecular weight is 243 g/mol. The molecule has 94 valence electrons. The van der Waals surface area contributed by atoms with Gasteiger partial charge in [0.2, 0.25) is 0 Å². The van der Waals surface area contributed by atoms with Gasteiger partial charge in [0, 0.05) is 38.1 Å². The van der Waals surface area contributed by atoms with E-state index in [4.69, 9.17) is 4.98 Å². The van der Waals surface area contributed by atoms with E-state index in [1.54, 1.807) is 12.4 Å². The lowest BCUT2D eigenvalue weighted by molar-refractivity contribution is 0.454. The van der Waals surface area contributed by atoms with Crippen molar-refractivity contribution in [1.82, 2.24) is 24.8 Å².